The number of guanidine groups is 1. The predicted octanol–water partition coefficient (Wildman–Crippen LogP) is 1.62. The van der Waals surface area contributed by atoms with Gasteiger partial charge in [-0.05, 0) is 27.7 Å². The largest absolute Gasteiger partial charge is 0.379 e. The number of ether oxygens (including phenoxy) is 1. The van der Waals surface area contributed by atoms with Gasteiger partial charge in [-0.25, -0.2) is 9.98 Å². The van der Waals surface area contributed by atoms with E-state index in [2.05, 4.69) is 53.2 Å². The van der Waals surface area contributed by atoms with Crippen LogP contribution in [-0.4, -0.2) is 60.8 Å². The van der Waals surface area contributed by atoms with Crippen molar-refractivity contribution in [3.05, 3.63) is 16.1 Å². The van der Waals surface area contributed by atoms with E-state index in [9.17, 15) is 0 Å². The van der Waals surface area contributed by atoms with Crippen molar-refractivity contribution in [1.82, 2.24) is 20.5 Å². The summed E-state index contributed by atoms with van der Waals surface area (Å²) in [5.41, 5.74) is 0. The van der Waals surface area contributed by atoms with Crippen molar-refractivity contribution >= 4 is 17.3 Å². The predicted molar refractivity (Wildman–Crippen MR) is 96.1 cm³/mol. The summed E-state index contributed by atoms with van der Waals surface area (Å²) >= 11 is 1.70. The minimum atomic E-state index is 0.444. The van der Waals surface area contributed by atoms with Crippen LogP contribution in [0.25, 0.3) is 0 Å². The zero-order chi connectivity index (χ0) is 16.7. The quantitative estimate of drug-likeness (QED) is 0.609. The van der Waals surface area contributed by atoms with Crippen molar-refractivity contribution in [2.75, 3.05) is 32.8 Å². The molecular formula is C16H29N5OS. The highest BCUT2D eigenvalue weighted by Crippen LogP contribution is 2.12. The van der Waals surface area contributed by atoms with E-state index >= 15 is 0 Å². The van der Waals surface area contributed by atoms with Gasteiger partial charge in [-0.3, -0.25) is 4.90 Å². The van der Waals surface area contributed by atoms with Crippen molar-refractivity contribution in [2.45, 2.75) is 46.3 Å². The molecule has 23 heavy (non-hydrogen) atoms. The average Bonchev–Trinajstić information content (AvgIpc) is 2.95. The molecule has 6 nitrogen and oxygen atoms in total. The molecule has 1 aromatic heterocycles. The number of aromatic nitrogens is 1. The molecule has 130 valence electrons. The number of thiazole rings is 1. The summed E-state index contributed by atoms with van der Waals surface area (Å²) in [4.78, 5) is 12.7. The van der Waals surface area contributed by atoms with Crippen molar-refractivity contribution < 1.29 is 4.74 Å². The minimum Gasteiger partial charge on any atom is -0.379 e. The molecule has 1 aliphatic heterocycles. The normalized spacial score (nSPS) is 21.2. The third-order valence-corrected chi connectivity index (χ3v) is 4.83. The molecule has 0 aliphatic carbocycles. The number of rotatable bonds is 6. The summed E-state index contributed by atoms with van der Waals surface area (Å²) in [7, 11) is 0. The highest BCUT2D eigenvalue weighted by molar-refractivity contribution is 7.11. The Hall–Kier alpha value is -1.18. The second-order valence-corrected chi connectivity index (χ2v) is 7.27. The Morgan fingerprint density at radius 3 is 3.04 bits per heavy atom. The summed E-state index contributed by atoms with van der Waals surface area (Å²) in [5.74, 6) is 0.855. The first kappa shape index (κ1) is 18.2. The standard InChI is InChI=1S/C16H29N5OS/c1-5-17-16(20-10-15-18-9-14(4)23-15)19-8-12(2)21-6-7-22-11-13(21)3/h9,12-13H,5-8,10-11H2,1-4H3,(H2,17,19,20). The average molecular weight is 340 g/mol. The molecule has 1 aromatic rings. The summed E-state index contributed by atoms with van der Waals surface area (Å²) < 4.78 is 5.51. The molecule has 7 heteroatoms. The summed E-state index contributed by atoms with van der Waals surface area (Å²) in [6.07, 6.45) is 1.90. The fourth-order valence-electron chi connectivity index (χ4n) is 2.72. The lowest BCUT2D eigenvalue weighted by molar-refractivity contribution is -0.0174. The van der Waals surface area contributed by atoms with Gasteiger partial charge in [0.2, 0.25) is 0 Å². The van der Waals surface area contributed by atoms with Gasteiger partial charge in [0.05, 0.1) is 19.8 Å². The van der Waals surface area contributed by atoms with Gasteiger partial charge < -0.3 is 15.4 Å². The maximum Gasteiger partial charge on any atom is 0.191 e. The van der Waals surface area contributed by atoms with Crippen molar-refractivity contribution in [3.63, 3.8) is 0 Å². The molecule has 2 N–H and O–H groups in total. The highest BCUT2D eigenvalue weighted by Gasteiger charge is 2.23. The maximum atomic E-state index is 5.51. The first-order chi connectivity index (χ1) is 11.1. The van der Waals surface area contributed by atoms with Gasteiger partial charge in [0, 0.05) is 42.8 Å². The van der Waals surface area contributed by atoms with Gasteiger partial charge in [-0.15, -0.1) is 11.3 Å². The zero-order valence-corrected chi connectivity index (χ0v) is 15.4. The fraction of sp³-hybridized carbons (Fsp3) is 0.750. The molecule has 1 saturated heterocycles. The van der Waals surface area contributed by atoms with E-state index in [0.717, 1.165) is 43.8 Å². The highest BCUT2D eigenvalue weighted by atomic mass is 32.1. The van der Waals surface area contributed by atoms with Crippen molar-refractivity contribution in [1.29, 1.82) is 0 Å². The third-order valence-electron chi connectivity index (χ3n) is 3.94. The van der Waals surface area contributed by atoms with Gasteiger partial charge in [0.25, 0.3) is 0 Å². The molecule has 2 unspecified atom stereocenters. The van der Waals surface area contributed by atoms with Gasteiger partial charge >= 0.3 is 0 Å². The van der Waals surface area contributed by atoms with Crippen LogP contribution in [0.2, 0.25) is 0 Å². The molecule has 1 fully saturated rings. The van der Waals surface area contributed by atoms with Crippen molar-refractivity contribution in [3.8, 4) is 0 Å². The SMILES string of the molecule is CCNC(=NCc1ncc(C)s1)NCC(C)N1CCOCC1C. The lowest BCUT2D eigenvalue weighted by Gasteiger charge is -2.38. The van der Waals surface area contributed by atoms with Crippen LogP contribution in [-0.2, 0) is 11.3 Å². The van der Waals surface area contributed by atoms with Gasteiger partial charge in [0.15, 0.2) is 5.96 Å². The van der Waals surface area contributed by atoms with Crippen LogP contribution in [0.3, 0.4) is 0 Å². The van der Waals surface area contributed by atoms with Gasteiger partial charge in [0.1, 0.15) is 5.01 Å². The second-order valence-electron chi connectivity index (χ2n) is 5.95. The molecule has 0 spiro atoms. The van der Waals surface area contributed by atoms with Crippen LogP contribution in [0.5, 0.6) is 0 Å². The van der Waals surface area contributed by atoms with Crippen LogP contribution in [0, 0.1) is 6.92 Å². The molecule has 0 bridgehead atoms. The van der Waals surface area contributed by atoms with E-state index in [1.807, 2.05) is 6.20 Å². The first-order valence-corrected chi connectivity index (χ1v) is 9.18. The number of hydrogen-bond donors (Lipinski definition) is 2. The zero-order valence-electron chi connectivity index (χ0n) is 14.6. The van der Waals surface area contributed by atoms with E-state index in [1.165, 1.54) is 4.88 Å². The Bertz CT molecular complexity index is 504. The molecular weight excluding hydrogens is 310 g/mol. The van der Waals surface area contributed by atoms with Gasteiger partial charge in [-0.1, -0.05) is 0 Å². The van der Waals surface area contributed by atoms with E-state index in [1.54, 1.807) is 11.3 Å². The third kappa shape index (κ3) is 5.75. The molecule has 2 heterocycles. The summed E-state index contributed by atoms with van der Waals surface area (Å²) in [5, 5.41) is 7.80. The molecule has 0 saturated carbocycles. The van der Waals surface area contributed by atoms with E-state index < -0.39 is 0 Å². The topological polar surface area (TPSA) is 61.8 Å². The Morgan fingerprint density at radius 2 is 2.39 bits per heavy atom. The number of aryl methyl sites for hydroxylation is 1. The van der Waals surface area contributed by atoms with Crippen LogP contribution >= 0.6 is 11.3 Å². The first-order valence-electron chi connectivity index (χ1n) is 8.37. The Labute approximate surface area is 143 Å². The lowest BCUT2D eigenvalue weighted by atomic mass is 10.2. The number of nitrogens with one attached hydrogen (secondary N) is 2. The number of nitrogens with zero attached hydrogens (tertiary/aromatic N) is 3. The Morgan fingerprint density at radius 1 is 1.57 bits per heavy atom. The summed E-state index contributed by atoms with van der Waals surface area (Å²) in [6.45, 7) is 13.6. The second kappa shape index (κ2) is 9.20. The van der Waals surface area contributed by atoms with E-state index in [-0.39, 0.29) is 0 Å². The van der Waals surface area contributed by atoms with Crippen LogP contribution < -0.4 is 10.6 Å². The van der Waals surface area contributed by atoms with Crippen LogP contribution in [0.1, 0.15) is 30.7 Å². The fourth-order valence-corrected chi connectivity index (χ4v) is 3.43. The van der Waals surface area contributed by atoms with E-state index in [4.69, 9.17) is 4.74 Å². The van der Waals surface area contributed by atoms with Crippen LogP contribution in [0.15, 0.2) is 11.2 Å². The minimum absolute atomic E-state index is 0.444. The summed E-state index contributed by atoms with van der Waals surface area (Å²) in [6, 6.07) is 0.915. The number of morpholine rings is 1. The maximum absolute atomic E-state index is 5.51. The molecule has 2 rings (SSSR count). The molecule has 0 amide bonds. The number of aliphatic imine (C=N–C) groups is 1. The Balaban J connectivity index is 1.85. The lowest BCUT2D eigenvalue weighted by Crippen LogP contribution is -2.53. The van der Waals surface area contributed by atoms with Gasteiger partial charge in [-0.2, -0.15) is 0 Å². The monoisotopic (exact) mass is 339 g/mol. The van der Waals surface area contributed by atoms with E-state index in [0.29, 0.717) is 18.6 Å². The van der Waals surface area contributed by atoms with Crippen LogP contribution in [0.4, 0.5) is 0 Å². The molecule has 2 atom stereocenters. The smallest absolute Gasteiger partial charge is 0.191 e. The Kier molecular flexibility index (Phi) is 7.26. The number of hydrogen-bond acceptors (Lipinski definition) is 5. The molecule has 0 aromatic carbocycles. The van der Waals surface area contributed by atoms with Crippen molar-refractivity contribution in [2.24, 2.45) is 4.99 Å². The molecule has 0 radical (unpaired) electrons. The molecule has 1 aliphatic rings.